The molecule has 5 heteroatoms. The number of anilines is 1. The van der Waals surface area contributed by atoms with Crippen LogP contribution in [-0.2, 0) is 9.53 Å². The topological polar surface area (TPSA) is 41.6 Å². The maximum atomic E-state index is 12.4. The van der Waals surface area contributed by atoms with Gasteiger partial charge in [-0.1, -0.05) is 0 Å². The third kappa shape index (κ3) is 4.28. The molecular formula is C18H26N2O2S. The van der Waals surface area contributed by atoms with E-state index < -0.39 is 0 Å². The van der Waals surface area contributed by atoms with Crippen LogP contribution < -0.4 is 5.32 Å². The van der Waals surface area contributed by atoms with Crippen LogP contribution in [0.25, 0.3) is 0 Å². The van der Waals surface area contributed by atoms with Crippen LogP contribution in [-0.4, -0.2) is 50.4 Å². The highest BCUT2D eigenvalue weighted by Gasteiger charge is 2.57. The Morgan fingerprint density at radius 3 is 2.65 bits per heavy atom. The number of nitrogens with zero attached hydrogens (tertiary/aromatic N) is 1. The molecule has 1 atom stereocenters. The van der Waals surface area contributed by atoms with E-state index in [9.17, 15) is 4.79 Å². The molecule has 1 aromatic carbocycles. The number of hydrogen-bond acceptors (Lipinski definition) is 4. The molecule has 0 aromatic heterocycles. The minimum absolute atomic E-state index is 0.180. The van der Waals surface area contributed by atoms with Crippen LogP contribution in [0, 0.1) is 11.3 Å². The second-order valence-corrected chi connectivity index (χ2v) is 8.07. The summed E-state index contributed by atoms with van der Waals surface area (Å²) < 4.78 is 5.41. The third-order valence-corrected chi connectivity index (χ3v) is 5.92. The van der Waals surface area contributed by atoms with E-state index in [1.165, 1.54) is 4.90 Å². The van der Waals surface area contributed by atoms with Crippen LogP contribution in [0.4, 0.5) is 5.69 Å². The number of benzene rings is 1. The summed E-state index contributed by atoms with van der Waals surface area (Å²) in [6.45, 7) is 2.68. The van der Waals surface area contributed by atoms with Gasteiger partial charge in [0, 0.05) is 42.0 Å². The summed E-state index contributed by atoms with van der Waals surface area (Å²) in [5.74, 6) is 1.44. The standard InChI is InChI=1S/C18H26N2O2S/c1-20(2)9-12-23-15-5-3-14(4-6-15)19-17(21)16-13-18(16)7-10-22-11-8-18/h3-6,16H,7-13H2,1-2H3,(H,19,21)/t16-/m0/s1. The zero-order valence-corrected chi connectivity index (χ0v) is 14.8. The molecule has 1 aliphatic carbocycles. The molecule has 1 aromatic rings. The van der Waals surface area contributed by atoms with Crippen LogP contribution in [0.3, 0.4) is 0 Å². The highest BCUT2D eigenvalue weighted by Crippen LogP contribution is 2.59. The van der Waals surface area contributed by atoms with Gasteiger partial charge in [-0.2, -0.15) is 0 Å². The first-order valence-corrected chi connectivity index (χ1v) is 9.34. The van der Waals surface area contributed by atoms with Crippen LogP contribution in [0.5, 0.6) is 0 Å². The molecule has 1 heterocycles. The molecule has 1 saturated carbocycles. The van der Waals surface area contributed by atoms with Crippen molar-refractivity contribution in [1.29, 1.82) is 0 Å². The Kier molecular flexibility index (Phi) is 5.29. The van der Waals surface area contributed by atoms with Crippen molar-refractivity contribution in [3.8, 4) is 0 Å². The van der Waals surface area contributed by atoms with E-state index in [-0.39, 0.29) is 17.2 Å². The number of rotatable bonds is 6. The molecule has 2 fully saturated rings. The lowest BCUT2D eigenvalue weighted by molar-refractivity contribution is -0.118. The molecule has 2 aliphatic rings. The highest BCUT2D eigenvalue weighted by molar-refractivity contribution is 7.99. The number of thioether (sulfide) groups is 1. The summed E-state index contributed by atoms with van der Waals surface area (Å²) in [6.07, 6.45) is 3.10. The maximum Gasteiger partial charge on any atom is 0.228 e. The van der Waals surface area contributed by atoms with Gasteiger partial charge >= 0.3 is 0 Å². The molecule has 4 nitrogen and oxygen atoms in total. The fourth-order valence-electron chi connectivity index (χ4n) is 3.26. The number of carbonyl (C=O) groups excluding carboxylic acids is 1. The Hall–Kier alpha value is -1.04. The number of hydrogen-bond donors (Lipinski definition) is 1. The van der Waals surface area contributed by atoms with E-state index >= 15 is 0 Å². The lowest BCUT2D eigenvalue weighted by Gasteiger charge is -2.22. The summed E-state index contributed by atoms with van der Waals surface area (Å²) in [4.78, 5) is 15.8. The Labute approximate surface area is 143 Å². The van der Waals surface area contributed by atoms with Crippen molar-refractivity contribution in [2.24, 2.45) is 11.3 Å². The summed E-state index contributed by atoms with van der Waals surface area (Å²) in [7, 11) is 4.17. The van der Waals surface area contributed by atoms with Gasteiger partial charge < -0.3 is 15.0 Å². The van der Waals surface area contributed by atoms with Crippen LogP contribution in [0.15, 0.2) is 29.2 Å². The van der Waals surface area contributed by atoms with Crippen molar-refractivity contribution in [2.45, 2.75) is 24.2 Å². The fourth-order valence-corrected chi connectivity index (χ4v) is 4.28. The monoisotopic (exact) mass is 334 g/mol. The van der Waals surface area contributed by atoms with E-state index in [2.05, 4.69) is 36.4 Å². The van der Waals surface area contributed by atoms with Gasteiger partial charge in [-0.15, -0.1) is 11.8 Å². The van der Waals surface area contributed by atoms with Gasteiger partial charge in [0.25, 0.3) is 0 Å². The van der Waals surface area contributed by atoms with Gasteiger partial charge in [0.1, 0.15) is 0 Å². The Balaban J connectivity index is 1.48. The molecule has 1 amide bonds. The van der Waals surface area contributed by atoms with Crippen LogP contribution >= 0.6 is 11.8 Å². The lowest BCUT2D eigenvalue weighted by Crippen LogP contribution is -2.24. The fraction of sp³-hybridized carbons (Fsp3) is 0.611. The molecule has 1 aliphatic heterocycles. The van der Waals surface area contributed by atoms with Crippen molar-refractivity contribution in [3.63, 3.8) is 0 Å². The summed E-state index contributed by atoms with van der Waals surface area (Å²) in [6, 6.07) is 8.20. The Bertz CT molecular complexity index is 538. The average molecular weight is 334 g/mol. The van der Waals surface area contributed by atoms with E-state index in [1.54, 1.807) is 0 Å². The molecule has 1 saturated heterocycles. The lowest BCUT2D eigenvalue weighted by atomic mass is 9.93. The number of ether oxygens (including phenoxy) is 1. The maximum absolute atomic E-state index is 12.4. The molecule has 0 radical (unpaired) electrons. The molecule has 1 N–H and O–H groups in total. The molecule has 3 rings (SSSR count). The zero-order valence-electron chi connectivity index (χ0n) is 14.0. The van der Waals surface area contributed by atoms with Gasteiger partial charge in [0.2, 0.25) is 5.91 Å². The largest absolute Gasteiger partial charge is 0.381 e. The van der Waals surface area contributed by atoms with Crippen molar-refractivity contribution in [1.82, 2.24) is 4.90 Å². The number of nitrogens with one attached hydrogen (secondary N) is 1. The van der Waals surface area contributed by atoms with E-state index in [4.69, 9.17) is 4.74 Å². The molecule has 1 spiro atoms. The molecule has 126 valence electrons. The van der Waals surface area contributed by atoms with Crippen molar-refractivity contribution in [2.75, 3.05) is 44.9 Å². The normalized spacial score (nSPS) is 22.3. The second kappa shape index (κ2) is 7.24. The Morgan fingerprint density at radius 1 is 1.30 bits per heavy atom. The van der Waals surface area contributed by atoms with E-state index in [0.717, 1.165) is 50.5 Å². The van der Waals surface area contributed by atoms with Crippen LogP contribution in [0.2, 0.25) is 0 Å². The van der Waals surface area contributed by atoms with E-state index in [1.807, 2.05) is 23.9 Å². The summed E-state index contributed by atoms with van der Waals surface area (Å²) in [5.41, 5.74) is 1.14. The van der Waals surface area contributed by atoms with Crippen molar-refractivity contribution in [3.05, 3.63) is 24.3 Å². The number of carbonyl (C=O) groups is 1. The summed E-state index contributed by atoms with van der Waals surface area (Å²) in [5, 5.41) is 3.08. The smallest absolute Gasteiger partial charge is 0.228 e. The van der Waals surface area contributed by atoms with Gasteiger partial charge in [-0.3, -0.25) is 4.79 Å². The second-order valence-electron chi connectivity index (χ2n) is 6.90. The molecular weight excluding hydrogens is 308 g/mol. The van der Waals surface area contributed by atoms with Crippen LogP contribution in [0.1, 0.15) is 19.3 Å². The average Bonchev–Trinajstić information content (AvgIpc) is 3.23. The molecule has 23 heavy (non-hydrogen) atoms. The number of amides is 1. The quantitative estimate of drug-likeness (QED) is 0.812. The van der Waals surface area contributed by atoms with Gasteiger partial charge in [0.15, 0.2) is 0 Å². The minimum Gasteiger partial charge on any atom is -0.381 e. The molecule has 0 bridgehead atoms. The highest BCUT2D eigenvalue weighted by atomic mass is 32.2. The van der Waals surface area contributed by atoms with E-state index in [0.29, 0.717) is 0 Å². The minimum atomic E-state index is 0.180. The predicted octanol–water partition coefficient (Wildman–Crippen LogP) is 3.10. The van der Waals surface area contributed by atoms with Crippen molar-refractivity contribution >= 4 is 23.4 Å². The first kappa shape index (κ1) is 16.8. The van der Waals surface area contributed by atoms with Gasteiger partial charge in [-0.25, -0.2) is 0 Å². The first-order chi connectivity index (χ1) is 11.1. The zero-order chi connectivity index (χ0) is 16.3. The van der Waals surface area contributed by atoms with Crippen molar-refractivity contribution < 1.29 is 9.53 Å². The Morgan fingerprint density at radius 2 is 2.00 bits per heavy atom. The SMILES string of the molecule is CN(C)CCSc1ccc(NC(=O)[C@@H]2CC23CCOCC3)cc1. The molecule has 0 unspecified atom stereocenters. The predicted molar refractivity (Wildman–Crippen MR) is 94.9 cm³/mol. The summed E-state index contributed by atoms with van der Waals surface area (Å²) >= 11 is 1.84. The van der Waals surface area contributed by atoms with Gasteiger partial charge in [-0.05, 0) is 63.0 Å². The van der Waals surface area contributed by atoms with Gasteiger partial charge in [0.05, 0.1) is 0 Å². The third-order valence-electron chi connectivity index (χ3n) is 4.92. The first-order valence-electron chi connectivity index (χ1n) is 8.35.